The van der Waals surface area contributed by atoms with Gasteiger partial charge in [-0.3, -0.25) is 0 Å². The van der Waals surface area contributed by atoms with E-state index in [4.69, 9.17) is 5.11 Å². The number of hydrogen-bond acceptors (Lipinski definition) is 1. The second-order valence-electron chi connectivity index (χ2n) is 3.20. The zero-order valence-electron chi connectivity index (χ0n) is 5.98. The van der Waals surface area contributed by atoms with Gasteiger partial charge in [0.1, 0.15) is 5.60 Å². The Hall–Kier alpha value is -0.325. The summed E-state index contributed by atoms with van der Waals surface area (Å²) in [5.74, 6) is -1.70. The van der Waals surface area contributed by atoms with E-state index in [1.54, 1.807) is 0 Å². The van der Waals surface area contributed by atoms with Crippen LogP contribution in [0.15, 0.2) is 0 Å². The van der Waals surface area contributed by atoms with Gasteiger partial charge in [-0.2, -0.15) is 0 Å². The molecule has 1 nitrogen and oxygen atoms in total. The van der Waals surface area contributed by atoms with Crippen molar-refractivity contribution in [2.75, 3.05) is 0 Å². The monoisotopic (exact) mass is 189 g/mol. The minimum Gasteiger partial charge on any atom is -0.449 e. The highest BCUT2D eigenvalue weighted by Crippen LogP contribution is 2.51. The van der Waals surface area contributed by atoms with Crippen LogP contribution in [0, 0.1) is 0 Å². The second-order valence-corrected chi connectivity index (χ2v) is 3.20. The van der Waals surface area contributed by atoms with E-state index >= 15 is 0 Å². The summed E-state index contributed by atoms with van der Waals surface area (Å²) in [6.45, 7) is -5.06. The number of alkyl halides is 2. The highest BCUT2D eigenvalue weighted by molar-refractivity contribution is 6.60. The van der Waals surface area contributed by atoms with E-state index in [-0.39, 0.29) is 0 Å². The van der Waals surface area contributed by atoms with E-state index in [0.717, 1.165) is 0 Å². The molecule has 0 amide bonds. The van der Waals surface area contributed by atoms with E-state index in [1.807, 2.05) is 0 Å². The Bertz CT molecular complexity index is 173. The Morgan fingerprint density at radius 1 is 1.25 bits per heavy atom. The molecule has 7 heteroatoms. The fraction of sp³-hybridized carbons (Fsp3) is 1.00. The van der Waals surface area contributed by atoms with Gasteiger partial charge in [0.05, 0.1) is 0 Å². The van der Waals surface area contributed by atoms with Gasteiger partial charge in [0.2, 0.25) is 0 Å². The molecule has 0 saturated heterocycles. The molecule has 72 valence electrons. The molecule has 1 saturated carbocycles. The van der Waals surface area contributed by atoms with Gasteiger partial charge in [-0.15, -0.1) is 0 Å². The Balaban J connectivity index is 2.47. The van der Waals surface area contributed by atoms with Crippen LogP contribution in [0.3, 0.4) is 0 Å². The van der Waals surface area contributed by atoms with Gasteiger partial charge in [0.25, 0.3) is 6.43 Å². The number of hydrogen-bond donors (Lipinski definition) is 1. The van der Waals surface area contributed by atoms with Gasteiger partial charge in [-0.1, -0.05) is 5.82 Å². The first-order chi connectivity index (χ1) is 5.26. The molecule has 0 aromatic rings. The van der Waals surface area contributed by atoms with Crippen LogP contribution >= 0.6 is 0 Å². The molecule has 1 fully saturated rings. The maximum atomic E-state index is 11.8. The summed E-state index contributed by atoms with van der Waals surface area (Å²) in [5, 5.41) is 8.78. The number of rotatable bonds is 2. The van der Waals surface area contributed by atoms with Gasteiger partial charge < -0.3 is 18.1 Å². The molecule has 1 rings (SSSR count). The van der Waals surface area contributed by atoms with Crippen LogP contribution in [0.5, 0.6) is 0 Å². The summed E-state index contributed by atoms with van der Waals surface area (Å²) in [6, 6.07) is 0. The van der Waals surface area contributed by atoms with Crippen LogP contribution in [0.25, 0.3) is 0 Å². The van der Waals surface area contributed by atoms with Crippen molar-refractivity contribution in [2.24, 2.45) is 0 Å². The molecule has 0 bridgehead atoms. The van der Waals surface area contributed by atoms with Crippen molar-refractivity contribution < 1.29 is 26.8 Å². The average molecular weight is 189 g/mol. The second kappa shape index (κ2) is 2.58. The molecule has 1 aliphatic rings. The van der Waals surface area contributed by atoms with E-state index in [1.165, 1.54) is 0 Å². The first kappa shape index (κ1) is 9.76. The van der Waals surface area contributed by atoms with E-state index in [2.05, 4.69) is 0 Å². The summed E-state index contributed by atoms with van der Waals surface area (Å²) >= 11 is 0. The summed E-state index contributed by atoms with van der Waals surface area (Å²) in [6.07, 6.45) is -4.78. The quantitative estimate of drug-likeness (QED) is 0.520. The molecule has 0 aromatic heterocycles. The standard InChI is InChI=1S/C5H7BF5O/c7-4(8)5(12)1-3(2-5)6(9,10)11/h3-4,12H,1-2H2/q-1. The van der Waals surface area contributed by atoms with Crippen LogP contribution < -0.4 is 0 Å². The van der Waals surface area contributed by atoms with E-state index in [9.17, 15) is 21.7 Å². The highest BCUT2D eigenvalue weighted by atomic mass is 19.4. The molecule has 0 spiro atoms. The van der Waals surface area contributed by atoms with Crippen LogP contribution in [0.2, 0.25) is 5.82 Å². The SMILES string of the molecule is OC1(C(F)F)CC([B-](F)(F)F)C1. The lowest BCUT2D eigenvalue weighted by Gasteiger charge is -2.47. The first-order valence-electron chi connectivity index (χ1n) is 3.46. The zero-order chi connectivity index (χ0) is 9.57. The Morgan fingerprint density at radius 2 is 1.67 bits per heavy atom. The minimum atomic E-state index is -5.06. The largest absolute Gasteiger partial charge is 0.481 e. The van der Waals surface area contributed by atoms with Crippen molar-refractivity contribution in [3.05, 3.63) is 0 Å². The Kier molecular flexibility index (Phi) is 2.10. The van der Waals surface area contributed by atoms with Crippen molar-refractivity contribution in [1.82, 2.24) is 0 Å². The van der Waals surface area contributed by atoms with E-state index in [0.29, 0.717) is 0 Å². The van der Waals surface area contributed by atoms with Gasteiger partial charge >= 0.3 is 6.98 Å². The van der Waals surface area contributed by atoms with Gasteiger partial charge in [0, 0.05) is 0 Å². The molecule has 0 atom stereocenters. The average Bonchev–Trinajstić information content (AvgIpc) is 1.77. The van der Waals surface area contributed by atoms with Crippen molar-refractivity contribution in [3.63, 3.8) is 0 Å². The molecular weight excluding hydrogens is 182 g/mol. The maximum absolute atomic E-state index is 11.8. The molecule has 0 heterocycles. The van der Waals surface area contributed by atoms with Crippen molar-refractivity contribution in [3.8, 4) is 0 Å². The predicted molar refractivity (Wildman–Crippen MR) is 33.0 cm³/mol. The van der Waals surface area contributed by atoms with Gasteiger partial charge in [-0.25, -0.2) is 8.78 Å². The van der Waals surface area contributed by atoms with Crippen LogP contribution in [-0.4, -0.2) is 24.1 Å². The Labute approximate surface area is 65.6 Å². The smallest absolute Gasteiger partial charge is 0.449 e. The molecule has 0 aromatic carbocycles. The van der Waals surface area contributed by atoms with Crippen molar-refractivity contribution in [1.29, 1.82) is 0 Å². The lowest BCUT2D eigenvalue weighted by molar-refractivity contribution is -0.146. The van der Waals surface area contributed by atoms with Crippen molar-refractivity contribution in [2.45, 2.75) is 30.7 Å². The third-order valence-corrected chi connectivity index (χ3v) is 2.17. The molecule has 1 aliphatic carbocycles. The van der Waals surface area contributed by atoms with Crippen molar-refractivity contribution >= 4 is 6.98 Å². The molecule has 1 N–H and O–H groups in total. The van der Waals surface area contributed by atoms with Crippen LogP contribution in [-0.2, 0) is 0 Å². The lowest BCUT2D eigenvalue weighted by Crippen LogP contribution is -2.52. The predicted octanol–water partition coefficient (Wildman–Crippen LogP) is 1.99. The third kappa shape index (κ3) is 1.55. The topological polar surface area (TPSA) is 20.2 Å². The summed E-state index contributed by atoms with van der Waals surface area (Å²) in [4.78, 5) is 0. The molecule has 12 heavy (non-hydrogen) atoms. The van der Waals surface area contributed by atoms with Gasteiger partial charge in [0.15, 0.2) is 0 Å². The first-order valence-corrected chi connectivity index (χ1v) is 3.46. The molecule has 0 radical (unpaired) electrons. The summed E-state index contributed by atoms with van der Waals surface area (Å²) in [5.41, 5.74) is -2.39. The summed E-state index contributed by atoms with van der Waals surface area (Å²) in [7, 11) is 0. The lowest BCUT2D eigenvalue weighted by atomic mass is 9.54. The minimum absolute atomic E-state index is 0.853. The van der Waals surface area contributed by atoms with E-state index < -0.39 is 37.7 Å². The highest BCUT2D eigenvalue weighted by Gasteiger charge is 2.55. The molecular formula is C5H7BF5O-. The zero-order valence-corrected chi connectivity index (χ0v) is 5.98. The fourth-order valence-electron chi connectivity index (χ4n) is 1.29. The molecule has 0 unspecified atom stereocenters. The number of aliphatic hydroxyl groups is 1. The Morgan fingerprint density at radius 3 is 1.92 bits per heavy atom. The number of halogens is 5. The fourth-order valence-corrected chi connectivity index (χ4v) is 1.29. The van der Waals surface area contributed by atoms with Gasteiger partial charge in [-0.05, 0) is 12.8 Å². The van der Waals surface area contributed by atoms with Crippen LogP contribution in [0.4, 0.5) is 21.7 Å². The normalized spacial score (nSPS) is 36.8. The van der Waals surface area contributed by atoms with Crippen LogP contribution in [0.1, 0.15) is 12.8 Å². The molecule has 0 aliphatic heterocycles. The summed E-state index contributed by atoms with van der Waals surface area (Å²) < 4.78 is 59.1. The third-order valence-electron chi connectivity index (χ3n) is 2.17. The maximum Gasteiger partial charge on any atom is 0.481 e.